The number of halogens is 1. The Morgan fingerprint density at radius 3 is 2.80 bits per heavy atom. The van der Waals surface area contributed by atoms with Gasteiger partial charge < -0.3 is 0 Å². The van der Waals surface area contributed by atoms with Crippen LogP contribution < -0.4 is 0 Å². The number of rotatable bonds is 2. The molecule has 2 aromatic heterocycles. The first-order valence-electron chi connectivity index (χ1n) is 4.71. The van der Waals surface area contributed by atoms with Crippen molar-refractivity contribution in [1.29, 1.82) is 0 Å². The molecule has 0 atom stereocenters. The Labute approximate surface area is 92.9 Å². The average molecular weight is 223 g/mol. The molecular weight excluding hydrogens is 212 g/mol. The highest BCUT2D eigenvalue weighted by Gasteiger charge is 2.11. The number of hydrogen-bond acceptors (Lipinski definition) is 3. The van der Waals surface area contributed by atoms with Crippen LogP contribution in [-0.4, -0.2) is 19.7 Å². The lowest BCUT2D eigenvalue weighted by molar-refractivity contribution is 0.769. The van der Waals surface area contributed by atoms with E-state index in [1.807, 2.05) is 26.2 Å². The van der Waals surface area contributed by atoms with Gasteiger partial charge in [0, 0.05) is 18.8 Å². The predicted octanol–water partition coefficient (Wildman–Crippen LogP) is 2.09. The molecule has 2 heterocycles. The fourth-order valence-electron chi connectivity index (χ4n) is 1.47. The quantitative estimate of drug-likeness (QED) is 0.731. The van der Waals surface area contributed by atoms with Crippen molar-refractivity contribution in [1.82, 2.24) is 19.7 Å². The Morgan fingerprint density at radius 1 is 1.40 bits per heavy atom. The zero-order valence-electron chi connectivity index (χ0n) is 8.61. The average Bonchev–Trinajstić information content (AvgIpc) is 2.64. The maximum Gasteiger partial charge on any atom is 0.136 e. The Bertz CT molecular complexity index is 478. The molecule has 0 fully saturated rings. The van der Waals surface area contributed by atoms with E-state index in [2.05, 4.69) is 15.1 Å². The molecule has 0 saturated heterocycles. The van der Waals surface area contributed by atoms with Gasteiger partial charge in [-0.25, -0.2) is 9.97 Å². The fourth-order valence-corrected chi connectivity index (χ4v) is 1.73. The van der Waals surface area contributed by atoms with Crippen LogP contribution in [0.1, 0.15) is 12.5 Å². The molecular formula is C10H11ClN4. The van der Waals surface area contributed by atoms with Gasteiger partial charge in [-0.1, -0.05) is 18.5 Å². The van der Waals surface area contributed by atoms with Gasteiger partial charge in [-0.05, 0) is 12.5 Å². The third-order valence-corrected chi connectivity index (χ3v) is 2.53. The van der Waals surface area contributed by atoms with Crippen LogP contribution in [0.5, 0.6) is 0 Å². The molecule has 2 aromatic rings. The van der Waals surface area contributed by atoms with Crippen LogP contribution >= 0.6 is 11.6 Å². The lowest BCUT2D eigenvalue weighted by Gasteiger charge is -2.04. The molecule has 4 nitrogen and oxygen atoms in total. The van der Waals surface area contributed by atoms with Gasteiger partial charge in [-0.15, -0.1) is 0 Å². The zero-order chi connectivity index (χ0) is 10.8. The molecule has 0 aliphatic carbocycles. The first kappa shape index (κ1) is 10.1. The molecule has 0 N–H and O–H groups in total. The van der Waals surface area contributed by atoms with Gasteiger partial charge in [-0.3, -0.25) is 4.68 Å². The maximum absolute atomic E-state index is 6.00. The third-order valence-electron chi connectivity index (χ3n) is 2.20. The van der Waals surface area contributed by atoms with Gasteiger partial charge in [0.05, 0.1) is 5.69 Å². The SMILES string of the molecule is CCc1c(Cl)ncnc1-c1ccn(C)n1. The summed E-state index contributed by atoms with van der Waals surface area (Å²) in [7, 11) is 1.87. The highest BCUT2D eigenvalue weighted by atomic mass is 35.5. The van der Waals surface area contributed by atoms with Crippen molar-refractivity contribution in [2.45, 2.75) is 13.3 Å². The van der Waals surface area contributed by atoms with Crippen molar-refractivity contribution in [2.75, 3.05) is 0 Å². The van der Waals surface area contributed by atoms with Crippen molar-refractivity contribution in [3.8, 4) is 11.4 Å². The van der Waals surface area contributed by atoms with E-state index in [-0.39, 0.29) is 0 Å². The summed E-state index contributed by atoms with van der Waals surface area (Å²) in [6.07, 6.45) is 4.14. The van der Waals surface area contributed by atoms with E-state index < -0.39 is 0 Å². The molecule has 0 amide bonds. The molecule has 0 aromatic carbocycles. The Morgan fingerprint density at radius 2 is 2.20 bits per heavy atom. The van der Waals surface area contributed by atoms with Crippen LogP contribution in [0.3, 0.4) is 0 Å². The Balaban J connectivity index is 2.57. The molecule has 0 bridgehead atoms. The van der Waals surface area contributed by atoms with Gasteiger partial charge in [0.1, 0.15) is 17.2 Å². The fraction of sp³-hybridized carbons (Fsp3) is 0.300. The predicted molar refractivity (Wildman–Crippen MR) is 58.6 cm³/mol. The van der Waals surface area contributed by atoms with E-state index >= 15 is 0 Å². The second-order valence-electron chi connectivity index (χ2n) is 3.22. The minimum atomic E-state index is 0.508. The van der Waals surface area contributed by atoms with E-state index in [0.29, 0.717) is 5.15 Å². The molecule has 0 saturated carbocycles. The molecule has 15 heavy (non-hydrogen) atoms. The van der Waals surface area contributed by atoms with Crippen LogP contribution in [0.2, 0.25) is 5.15 Å². The van der Waals surface area contributed by atoms with E-state index in [1.54, 1.807) is 4.68 Å². The highest BCUT2D eigenvalue weighted by Crippen LogP contribution is 2.24. The monoisotopic (exact) mass is 222 g/mol. The molecule has 0 aliphatic heterocycles. The van der Waals surface area contributed by atoms with E-state index in [4.69, 9.17) is 11.6 Å². The molecule has 2 rings (SSSR count). The van der Waals surface area contributed by atoms with Crippen molar-refractivity contribution in [2.24, 2.45) is 7.05 Å². The van der Waals surface area contributed by atoms with Crippen LogP contribution in [0.25, 0.3) is 11.4 Å². The second-order valence-corrected chi connectivity index (χ2v) is 3.58. The molecule has 0 spiro atoms. The number of aromatic nitrogens is 4. The molecule has 5 heteroatoms. The minimum absolute atomic E-state index is 0.508. The van der Waals surface area contributed by atoms with Gasteiger partial charge in [0.15, 0.2) is 0 Å². The zero-order valence-corrected chi connectivity index (χ0v) is 9.36. The first-order valence-corrected chi connectivity index (χ1v) is 5.09. The third kappa shape index (κ3) is 1.85. The van der Waals surface area contributed by atoms with Gasteiger partial charge in [-0.2, -0.15) is 5.10 Å². The number of aryl methyl sites for hydroxylation is 1. The molecule has 0 aliphatic rings. The van der Waals surface area contributed by atoms with Crippen molar-refractivity contribution in [3.63, 3.8) is 0 Å². The highest BCUT2D eigenvalue weighted by molar-refractivity contribution is 6.30. The Kier molecular flexibility index (Phi) is 2.68. The number of hydrogen-bond donors (Lipinski definition) is 0. The van der Waals surface area contributed by atoms with E-state index in [9.17, 15) is 0 Å². The maximum atomic E-state index is 6.00. The summed E-state index contributed by atoms with van der Waals surface area (Å²) in [5.74, 6) is 0. The standard InChI is InChI=1S/C10H11ClN4/c1-3-7-9(12-6-13-10(7)11)8-4-5-15(2)14-8/h4-6H,3H2,1-2H3. The van der Waals surface area contributed by atoms with Crippen LogP contribution in [0, 0.1) is 0 Å². The summed E-state index contributed by atoms with van der Waals surface area (Å²) in [5.41, 5.74) is 2.59. The number of nitrogens with zero attached hydrogens (tertiary/aromatic N) is 4. The molecule has 0 radical (unpaired) electrons. The van der Waals surface area contributed by atoms with Gasteiger partial charge >= 0.3 is 0 Å². The summed E-state index contributed by atoms with van der Waals surface area (Å²) < 4.78 is 1.74. The van der Waals surface area contributed by atoms with Crippen molar-refractivity contribution >= 4 is 11.6 Å². The molecule has 0 unspecified atom stereocenters. The van der Waals surface area contributed by atoms with Crippen LogP contribution in [-0.2, 0) is 13.5 Å². The summed E-state index contributed by atoms with van der Waals surface area (Å²) in [6, 6.07) is 1.91. The van der Waals surface area contributed by atoms with E-state index in [0.717, 1.165) is 23.4 Å². The first-order chi connectivity index (χ1) is 7.22. The largest absolute Gasteiger partial charge is 0.275 e. The summed E-state index contributed by atoms with van der Waals surface area (Å²) in [5, 5.41) is 4.81. The van der Waals surface area contributed by atoms with Crippen molar-refractivity contribution < 1.29 is 0 Å². The summed E-state index contributed by atoms with van der Waals surface area (Å²) in [4.78, 5) is 8.19. The summed E-state index contributed by atoms with van der Waals surface area (Å²) in [6.45, 7) is 2.02. The summed E-state index contributed by atoms with van der Waals surface area (Å²) >= 11 is 6.00. The van der Waals surface area contributed by atoms with Crippen LogP contribution in [0.4, 0.5) is 0 Å². The smallest absolute Gasteiger partial charge is 0.136 e. The normalized spacial score (nSPS) is 10.6. The van der Waals surface area contributed by atoms with E-state index in [1.165, 1.54) is 6.33 Å². The van der Waals surface area contributed by atoms with Gasteiger partial charge in [0.25, 0.3) is 0 Å². The second kappa shape index (κ2) is 3.98. The van der Waals surface area contributed by atoms with Gasteiger partial charge in [0.2, 0.25) is 0 Å². The Hall–Kier alpha value is -1.42. The van der Waals surface area contributed by atoms with Crippen LogP contribution in [0.15, 0.2) is 18.6 Å². The molecule has 78 valence electrons. The lowest BCUT2D eigenvalue weighted by atomic mass is 10.1. The van der Waals surface area contributed by atoms with Crippen molar-refractivity contribution in [3.05, 3.63) is 29.3 Å². The topological polar surface area (TPSA) is 43.6 Å². The minimum Gasteiger partial charge on any atom is -0.275 e. The lowest BCUT2D eigenvalue weighted by Crippen LogP contribution is -1.97.